The van der Waals surface area contributed by atoms with Crippen LogP contribution in [0.25, 0.3) is 0 Å². The molecule has 9 heteroatoms. The maximum absolute atomic E-state index is 13.0. The average molecular weight is 410 g/mol. The van der Waals surface area contributed by atoms with Crippen LogP contribution in [0.5, 0.6) is 11.5 Å². The van der Waals surface area contributed by atoms with Crippen molar-refractivity contribution >= 4 is 21.8 Å². The van der Waals surface area contributed by atoms with E-state index in [2.05, 4.69) is 4.98 Å². The summed E-state index contributed by atoms with van der Waals surface area (Å²) in [5.74, 6) is 2.27. The summed E-state index contributed by atoms with van der Waals surface area (Å²) < 4.78 is 40.2. The summed E-state index contributed by atoms with van der Waals surface area (Å²) in [5.41, 5.74) is 1.15. The van der Waals surface area contributed by atoms with Crippen LogP contribution in [0.4, 0.5) is 0 Å². The Labute approximate surface area is 163 Å². The molecular formula is C18H23N3O4S2. The summed E-state index contributed by atoms with van der Waals surface area (Å²) in [7, 11) is -3.57. The van der Waals surface area contributed by atoms with Crippen LogP contribution in [0, 0.1) is 0 Å². The van der Waals surface area contributed by atoms with Crippen molar-refractivity contribution in [1.29, 1.82) is 0 Å². The third-order valence-electron chi connectivity index (χ3n) is 4.85. The highest BCUT2D eigenvalue weighted by molar-refractivity contribution is 7.99. The van der Waals surface area contributed by atoms with Crippen molar-refractivity contribution in [2.45, 2.75) is 36.6 Å². The second-order valence-corrected chi connectivity index (χ2v) is 10.1. The van der Waals surface area contributed by atoms with Crippen molar-refractivity contribution in [1.82, 2.24) is 13.9 Å². The molecule has 2 aliphatic heterocycles. The molecule has 0 saturated carbocycles. The van der Waals surface area contributed by atoms with Gasteiger partial charge in [0.1, 0.15) is 0 Å². The fourth-order valence-electron chi connectivity index (χ4n) is 3.24. The molecule has 0 aliphatic carbocycles. The Hall–Kier alpha value is -1.71. The van der Waals surface area contributed by atoms with E-state index in [9.17, 15) is 8.42 Å². The topological polar surface area (TPSA) is 73.7 Å². The second kappa shape index (κ2) is 7.37. The minimum absolute atomic E-state index is 0.128. The van der Waals surface area contributed by atoms with Gasteiger partial charge in [-0.1, -0.05) is 6.07 Å². The Morgan fingerprint density at radius 1 is 1.22 bits per heavy atom. The molecule has 1 atom stereocenters. The third-order valence-corrected chi connectivity index (χ3v) is 7.96. The van der Waals surface area contributed by atoms with E-state index >= 15 is 0 Å². The van der Waals surface area contributed by atoms with Crippen LogP contribution in [0.3, 0.4) is 0 Å². The largest absolute Gasteiger partial charge is 0.454 e. The van der Waals surface area contributed by atoms with Gasteiger partial charge in [0.2, 0.25) is 6.79 Å². The number of benzene rings is 1. The zero-order valence-electron chi connectivity index (χ0n) is 15.4. The first-order valence-corrected chi connectivity index (χ1v) is 11.5. The van der Waals surface area contributed by atoms with Crippen LogP contribution >= 0.6 is 11.8 Å². The van der Waals surface area contributed by atoms with Crippen molar-refractivity contribution in [2.75, 3.05) is 25.6 Å². The monoisotopic (exact) mass is 409 g/mol. The van der Waals surface area contributed by atoms with Crippen molar-refractivity contribution in [3.8, 4) is 11.5 Å². The predicted octanol–water partition coefficient (Wildman–Crippen LogP) is 3.06. The molecule has 2 aromatic rings. The number of fused-ring (bicyclic) bond motifs is 1. The van der Waals surface area contributed by atoms with Crippen molar-refractivity contribution in [3.63, 3.8) is 0 Å². The van der Waals surface area contributed by atoms with E-state index in [1.54, 1.807) is 28.6 Å². The van der Waals surface area contributed by atoms with E-state index in [0.29, 0.717) is 13.1 Å². The molecule has 0 radical (unpaired) electrons. The van der Waals surface area contributed by atoms with Crippen LogP contribution in [0.1, 0.15) is 37.1 Å². The smallest absolute Gasteiger partial charge is 0.262 e. The van der Waals surface area contributed by atoms with Gasteiger partial charge in [-0.2, -0.15) is 16.1 Å². The molecule has 7 nitrogen and oxygen atoms in total. The van der Waals surface area contributed by atoms with Crippen LogP contribution in [0.2, 0.25) is 0 Å². The number of nitrogens with zero attached hydrogens (tertiary/aromatic N) is 3. The van der Waals surface area contributed by atoms with E-state index in [-0.39, 0.29) is 23.1 Å². The van der Waals surface area contributed by atoms with Gasteiger partial charge < -0.3 is 14.0 Å². The lowest BCUT2D eigenvalue weighted by molar-refractivity contribution is 0.174. The highest BCUT2D eigenvalue weighted by atomic mass is 32.2. The lowest BCUT2D eigenvalue weighted by Crippen LogP contribution is -2.33. The van der Waals surface area contributed by atoms with E-state index < -0.39 is 10.0 Å². The molecule has 1 aromatic heterocycles. The zero-order chi connectivity index (χ0) is 19.0. The van der Waals surface area contributed by atoms with Crippen LogP contribution in [-0.2, 0) is 10.0 Å². The van der Waals surface area contributed by atoms with E-state index in [1.165, 1.54) is 0 Å². The quantitative estimate of drug-likeness (QED) is 0.773. The molecule has 0 amide bonds. The SMILES string of the molecule is CC(C)n1cnc(S(=O)(=O)N2CCSC(c3ccc4c(c3)OCO4)CC2)c1. The minimum atomic E-state index is -3.57. The summed E-state index contributed by atoms with van der Waals surface area (Å²) in [6, 6.07) is 6.15. The highest BCUT2D eigenvalue weighted by Crippen LogP contribution is 2.40. The number of hydrogen-bond acceptors (Lipinski definition) is 6. The number of hydrogen-bond donors (Lipinski definition) is 0. The maximum atomic E-state index is 13.0. The predicted molar refractivity (Wildman–Crippen MR) is 104 cm³/mol. The maximum Gasteiger partial charge on any atom is 0.262 e. The lowest BCUT2D eigenvalue weighted by Gasteiger charge is -2.18. The molecule has 3 heterocycles. The second-order valence-electron chi connectivity index (χ2n) is 6.92. The van der Waals surface area contributed by atoms with E-state index in [4.69, 9.17) is 9.47 Å². The molecule has 2 aliphatic rings. The van der Waals surface area contributed by atoms with Crippen molar-refractivity contribution in [2.24, 2.45) is 0 Å². The molecular weight excluding hydrogens is 386 g/mol. The molecule has 27 heavy (non-hydrogen) atoms. The first-order chi connectivity index (χ1) is 12.9. The molecule has 0 bridgehead atoms. The Morgan fingerprint density at radius 2 is 2.04 bits per heavy atom. The van der Waals surface area contributed by atoms with Crippen LogP contribution in [0.15, 0.2) is 35.7 Å². The Kier molecular flexibility index (Phi) is 5.09. The standard InChI is InChI=1S/C18H23N3O4S2/c1-13(2)20-10-18(19-11-20)27(22,23)21-6-5-17(26-8-7-21)14-3-4-15-16(9-14)25-12-24-15/h3-4,9-11,13,17H,5-8,12H2,1-2H3. The number of thioether (sulfide) groups is 1. The van der Waals surface area contributed by atoms with Gasteiger partial charge in [0.15, 0.2) is 16.5 Å². The number of sulfonamides is 1. The van der Waals surface area contributed by atoms with Crippen molar-refractivity contribution in [3.05, 3.63) is 36.3 Å². The molecule has 1 saturated heterocycles. The van der Waals surface area contributed by atoms with Gasteiger partial charge in [0.05, 0.1) is 6.33 Å². The fourth-order valence-corrected chi connectivity index (χ4v) is 5.95. The Balaban J connectivity index is 1.49. The van der Waals surface area contributed by atoms with Crippen LogP contribution < -0.4 is 9.47 Å². The average Bonchev–Trinajstić information content (AvgIpc) is 3.25. The summed E-state index contributed by atoms with van der Waals surface area (Å²) >= 11 is 1.78. The fraction of sp³-hybridized carbons (Fsp3) is 0.500. The molecule has 4 rings (SSSR count). The Morgan fingerprint density at radius 3 is 2.81 bits per heavy atom. The van der Waals surface area contributed by atoms with Crippen LogP contribution in [-0.4, -0.2) is 47.9 Å². The number of imidazole rings is 1. The molecule has 1 fully saturated rings. The normalized spacial score (nSPS) is 20.8. The lowest BCUT2D eigenvalue weighted by atomic mass is 10.1. The van der Waals surface area contributed by atoms with Gasteiger partial charge in [0.25, 0.3) is 10.0 Å². The minimum Gasteiger partial charge on any atom is -0.454 e. The number of aromatic nitrogens is 2. The summed E-state index contributed by atoms with van der Waals surface area (Å²) in [6.07, 6.45) is 3.95. The summed E-state index contributed by atoms with van der Waals surface area (Å²) in [5, 5.41) is 0.357. The van der Waals surface area contributed by atoms with Gasteiger partial charge >= 0.3 is 0 Å². The van der Waals surface area contributed by atoms with Gasteiger partial charge in [-0.25, -0.2) is 13.4 Å². The first kappa shape index (κ1) is 18.6. The summed E-state index contributed by atoms with van der Waals surface area (Å²) in [4.78, 5) is 4.13. The first-order valence-electron chi connectivity index (χ1n) is 9.00. The number of ether oxygens (including phenoxy) is 2. The van der Waals surface area contributed by atoms with Gasteiger partial charge in [-0.15, -0.1) is 0 Å². The highest BCUT2D eigenvalue weighted by Gasteiger charge is 2.30. The molecule has 146 valence electrons. The molecule has 1 unspecified atom stereocenters. The van der Waals surface area contributed by atoms with Gasteiger partial charge in [-0.3, -0.25) is 0 Å². The van der Waals surface area contributed by atoms with Gasteiger partial charge in [-0.05, 0) is 38.0 Å². The molecule has 0 N–H and O–H groups in total. The zero-order valence-corrected chi connectivity index (χ0v) is 17.0. The molecule has 1 aromatic carbocycles. The third kappa shape index (κ3) is 3.68. The molecule has 0 spiro atoms. The number of rotatable bonds is 4. The van der Waals surface area contributed by atoms with E-state index in [0.717, 1.165) is 29.2 Å². The van der Waals surface area contributed by atoms with Crippen molar-refractivity contribution < 1.29 is 17.9 Å². The van der Waals surface area contributed by atoms with E-state index in [1.807, 2.05) is 36.6 Å². The summed E-state index contributed by atoms with van der Waals surface area (Å²) in [6.45, 7) is 5.21. The van der Waals surface area contributed by atoms with Gasteiger partial charge in [0, 0.05) is 36.3 Å². The Bertz CT molecular complexity index is 926.